The Morgan fingerprint density at radius 1 is 1.09 bits per heavy atom. The van der Waals surface area contributed by atoms with E-state index in [0.29, 0.717) is 27.6 Å². The first-order valence-corrected chi connectivity index (χ1v) is 11.1. The molecule has 0 radical (unpaired) electrons. The van der Waals surface area contributed by atoms with E-state index >= 15 is 0 Å². The van der Waals surface area contributed by atoms with Crippen molar-refractivity contribution in [2.45, 2.75) is 27.4 Å². The molecule has 0 saturated carbocycles. The van der Waals surface area contributed by atoms with Crippen LogP contribution in [-0.4, -0.2) is 17.0 Å². The molecule has 4 rings (SSSR count). The van der Waals surface area contributed by atoms with Crippen molar-refractivity contribution in [2.24, 2.45) is 5.73 Å². The fourth-order valence-corrected chi connectivity index (χ4v) is 4.66. The predicted octanol–water partition coefficient (Wildman–Crippen LogP) is 5.26. The number of hydrogen-bond acceptors (Lipinski definition) is 6. The lowest BCUT2D eigenvalue weighted by atomic mass is 10.0. The van der Waals surface area contributed by atoms with Gasteiger partial charge in [0.25, 0.3) is 11.8 Å². The lowest BCUT2D eigenvalue weighted by molar-refractivity contribution is 0.100. The molecule has 0 unspecified atom stereocenters. The minimum absolute atomic E-state index is 0.280. The minimum atomic E-state index is -0.593. The van der Waals surface area contributed by atoms with Crippen LogP contribution < -0.4 is 15.8 Å². The van der Waals surface area contributed by atoms with Gasteiger partial charge in [-0.05, 0) is 44.5 Å². The highest BCUT2D eigenvalue weighted by Gasteiger charge is 2.23. The maximum atomic E-state index is 13.0. The average Bonchev–Trinajstić information content (AvgIpc) is 3.30. The number of benzene rings is 2. The molecular weight excluding hydrogens is 438 g/mol. The normalized spacial score (nSPS) is 10.8. The Kier molecular flexibility index (Phi) is 6.28. The Bertz CT molecular complexity index is 1310. The molecule has 33 heavy (non-hydrogen) atoms. The lowest BCUT2D eigenvalue weighted by Crippen LogP contribution is -2.17. The summed E-state index contributed by atoms with van der Waals surface area (Å²) in [4.78, 5) is 26.2. The second kappa shape index (κ2) is 9.30. The lowest BCUT2D eigenvalue weighted by Gasteiger charge is -2.09. The van der Waals surface area contributed by atoms with Gasteiger partial charge in [-0.1, -0.05) is 41.6 Å². The largest absolute Gasteiger partial charge is 0.489 e. The number of carbonyl (C=O) groups is 2. The van der Waals surface area contributed by atoms with Crippen LogP contribution in [0.15, 0.2) is 59.1 Å². The van der Waals surface area contributed by atoms with Crippen LogP contribution in [-0.2, 0) is 6.61 Å². The van der Waals surface area contributed by atoms with Gasteiger partial charge in [-0.3, -0.25) is 9.59 Å². The number of nitrogens with two attached hydrogens (primary N) is 1. The average molecular weight is 462 g/mol. The topological polar surface area (TPSA) is 107 Å². The van der Waals surface area contributed by atoms with Gasteiger partial charge in [0.05, 0.1) is 16.8 Å². The Morgan fingerprint density at radius 2 is 1.85 bits per heavy atom. The maximum absolute atomic E-state index is 13.0. The number of aromatic nitrogens is 1. The summed E-state index contributed by atoms with van der Waals surface area (Å²) in [5.41, 5.74) is 9.65. The van der Waals surface area contributed by atoms with Crippen LogP contribution in [0.3, 0.4) is 0 Å². The van der Waals surface area contributed by atoms with Gasteiger partial charge >= 0.3 is 0 Å². The maximum Gasteiger partial charge on any atom is 0.256 e. The zero-order valence-electron chi connectivity index (χ0n) is 18.5. The van der Waals surface area contributed by atoms with Crippen LogP contribution in [0, 0.1) is 20.8 Å². The van der Waals surface area contributed by atoms with Crippen LogP contribution in [0.5, 0.6) is 5.75 Å². The van der Waals surface area contributed by atoms with Crippen LogP contribution in [0.2, 0.25) is 0 Å². The van der Waals surface area contributed by atoms with E-state index in [1.807, 2.05) is 51.1 Å². The number of rotatable bonds is 7. The first kappa shape index (κ1) is 22.3. The number of primary amides is 1. The summed E-state index contributed by atoms with van der Waals surface area (Å²) in [6, 6.07) is 16.3. The summed E-state index contributed by atoms with van der Waals surface area (Å²) in [6.45, 7) is 5.86. The number of carbonyl (C=O) groups excluding carboxylic acids is 2. The first-order valence-electron chi connectivity index (χ1n) is 10.3. The molecule has 7 nitrogen and oxygen atoms in total. The van der Waals surface area contributed by atoms with E-state index in [0.717, 1.165) is 27.3 Å². The fraction of sp³-hybridized carbons (Fsp3) is 0.160. The number of nitrogens with zero attached hydrogens (tertiary/aromatic N) is 1. The number of ether oxygens (including phenoxy) is 1. The van der Waals surface area contributed by atoms with Gasteiger partial charge in [0.1, 0.15) is 23.1 Å². The smallest absolute Gasteiger partial charge is 0.256 e. The van der Waals surface area contributed by atoms with Crippen molar-refractivity contribution in [1.29, 1.82) is 0 Å². The molecule has 4 aromatic rings. The molecule has 2 aromatic carbocycles. The van der Waals surface area contributed by atoms with Gasteiger partial charge in [-0.25, -0.2) is 0 Å². The van der Waals surface area contributed by atoms with Crippen molar-refractivity contribution >= 4 is 28.2 Å². The molecule has 0 aliphatic carbocycles. The number of nitrogens with one attached hydrogen (secondary N) is 1. The van der Waals surface area contributed by atoms with Crippen LogP contribution in [0.1, 0.15) is 42.6 Å². The Balaban J connectivity index is 1.57. The quantitative estimate of drug-likeness (QED) is 0.390. The van der Waals surface area contributed by atoms with Gasteiger partial charge in [0.2, 0.25) is 0 Å². The highest BCUT2D eigenvalue weighted by molar-refractivity contribution is 7.17. The van der Waals surface area contributed by atoms with E-state index in [-0.39, 0.29) is 12.5 Å². The van der Waals surface area contributed by atoms with E-state index in [4.69, 9.17) is 15.0 Å². The van der Waals surface area contributed by atoms with E-state index in [1.54, 1.807) is 24.3 Å². The summed E-state index contributed by atoms with van der Waals surface area (Å²) < 4.78 is 11.0. The summed E-state index contributed by atoms with van der Waals surface area (Å²) in [7, 11) is 0. The van der Waals surface area contributed by atoms with Crippen molar-refractivity contribution in [2.75, 3.05) is 5.32 Å². The Hall–Kier alpha value is -3.91. The second-order valence-corrected chi connectivity index (χ2v) is 8.77. The number of hydrogen-bond donors (Lipinski definition) is 2. The van der Waals surface area contributed by atoms with E-state index < -0.39 is 5.91 Å². The molecule has 2 aromatic heterocycles. The molecule has 2 heterocycles. The van der Waals surface area contributed by atoms with Crippen molar-refractivity contribution in [3.8, 4) is 16.9 Å². The van der Waals surface area contributed by atoms with Gasteiger partial charge in [0.15, 0.2) is 0 Å². The van der Waals surface area contributed by atoms with Gasteiger partial charge in [0, 0.05) is 16.0 Å². The van der Waals surface area contributed by atoms with Gasteiger partial charge in [-0.2, -0.15) is 0 Å². The number of thiophene rings is 1. The second-order valence-electron chi connectivity index (χ2n) is 7.54. The molecule has 2 amide bonds. The van der Waals surface area contributed by atoms with Crippen LogP contribution in [0.4, 0.5) is 5.00 Å². The molecule has 3 N–H and O–H groups in total. The molecule has 0 atom stereocenters. The van der Waals surface area contributed by atoms with E-state index in [1.165, 1.54) is 11.3 Å². The monoisotopic (exact) mass is 461 g/mol. The molecule has 0 saturated heterocycles. The van der Waals surface area contributed by atoms with E-state index in [9.17, 15) is 9.59 Å². The SMILES string of the molecule is Cc1noc(C)c1COc1cccc(C(=O)Nc2sc(C)c(-c3ccccc3)c2C(N)=O)c1. The third-order valence-corrected chi connectivity index (χ3v) is 6.30. The molecule has 0 bridgehead atoms. The summed E-state index contributed by atoms with van der Waals surface area (Å²) >= 11 is 1.32. The number of amides is 2. The Morgan fingerprint density at radius 3 is 2.52 bits per heavy atom. The molecule has 8 heteroatoms. The summed E-state index contributed by atoms with van der Waals surface area (Å²) in [5, 5.41) is 7.19. The van der Waals surface area contributed by atoms with Gasteiger partial charge < -0.3 is 20.3 Å². The summed E-state index contributed by atoms with van der Waals surface area (Å²) in [6.07, 6.45) is 0. The van der Waals surface area contributed by atoms with Gasteiger partial charge in [-0.15, -0.1) is 11.3 Å². The Labute approximate surface area is 195 Å². The zero-order valence-corrected chi connectivity index (χ0v) is 19.3. The highest BCUT2D eigenvalue weighted by atomic mass is 32.1. The molecule has 0 spiro atoms. The van der Waals surface area contributed by atoms with Crippen molar-refractivity contribution in [1.82, 2.24) is 5.16 Å². The van der Waals surface area contributed by atoms with E-state index in [2.05, 4.69) is 10.5 Å². The molecule has 0 aliphatic rings. The number of aryl methyl sites for hydroxylation is 3. The molecule has 0 fully saturated rings. The number of anilines is 1. The standard InChI is InChI=1S/C25H23N3O4S/c1-14-20(15(2)32-28-14)13-31-19-11-7-10-18(12-19)24(30)27-25-22(23(26)29)21(16(3)33-25)17-8-5-4-6-9-17/h4-12H,13H2,1-3H3,(H2,26,29)(H,27,30). The first-order chi connectivity index (χ1) is 15.8. The van der Waals surface area contributed by atoms with Crippen LogP contribution >= 0.6 is 11.3 Å². The van der Waals surface area contributed by atoms with Crippen molar-refractivity contribution in [3.63, 3.8) is 0 Å². The predicted molar refractivity (Wildman–Crippen MR) is 128 cm³/mol. The summed E-state index contributed by atoms with van der Waals surface area (Å²) in [5.74, 6) is 0.277. The minimum Gasteiger partial charge on any atom is -0.489 e. The van der Waals surface area contributed by atoms with Crippen LogP contribution in [0.25, 0.3) is 11.1 Å². The zero-order chi connectivity index (χ0) is 23.5. The molecule has 0 aliphatic heterocycles. The third kappa shape index (κ3) is 4.65. The highest BCUT2D eigenvalue weighted by Crippen LogP contribution is 2.39. The van der Waals surface area contributed by atoms with Crippen molar-refractivity contribution < 1.29 is 18.8 Å². The fourth-order valence-electron chi connectivity index (χ4n) is 3.59. The molecular formula is C25H23N3O4S. The molecule has 168 valence electrons. The van der Waals surface area contributed by atoms with Crippen molar-refractivity contribution in [3.05, 3.63) is 87.6 Å². The third-order valence-electron chi connectivity index (χ3n) is 5.28.